The number of hydrogen-bond donors (Lipinski definition) is 2. The summed E-state index contributed by atoms with van der Waals surface area (Å²) >= 11 is 5.94. The first-order valence-electron chi connectivity index (χ1n) is 8.41. The second kappa shape index (κ2) is 6.97. The molecule has 4 amide bonds. The van der Waals surface area contributed by atoms with E-state index < -0.39 is 23.7 Å². The summed E-state index contributed by atoms with van der Waals surface area (Å²) in [6.45, 7) is 0.139. The van der Waals surface area contributed by atoms with E-state index in [0.717, 1.165) is 5.39 Å². The fourth-order valence-corrected chi connectivity index (χ4v) is 3.18. The topological polar surface area (TPSA) is 85.5 Å². The molecule has 1 aliphatic rings. The van der Waals surface area contributed by atoms with Crippen molar-refractivity contribution < 1.29 is 18.8 Å². The maximum absolute atomic E-state index is 13.1. The van der Waals surface area contributed by atoms with Crippen LogP contribution in [-0.4, -0.2) is 34.4 Å². The summed E-state index contributed by atoms with van der Waals surface area (Å²) in [6.07, 6.45) is 0.0195. The Bertz CT molecular complexity index is 1100. The third-order valence-corrected chi connectivity index (χ3v) is 4.64. The van der Waals surface area contributed by atoms with Crippen LogP contribution in [0.3, 0.4) is 0 Å². The Morgan fingerprint density at radius 3 is 2.61 bits per heavy atom. The molecule has 1 aliphatic heterocycles. The molecule has 0 aliphatic carbocycles. The first-order chi connectivity index (χ1) is 13.4. The van der Waals surface area contributed by atoms with E-state index in [2.05, 4.69) is 10.4 Å². The molecular formula is C19H14ClFN4O3. The second-order valence-electron chi connectivity index (χ2n) is 6.25. The SMILES string of the molecule is O=C(NN1C(=O)CCN(c2ccc(F)cc2)C1=O)c1cc2cc(Cl)ccc2[nH]1. The molecule has 2 heterocycles. The van der Waals surface area contributed by atoms with Crippen molar-refractivity contribution in [1.29, 1.82) is 0 Å². The lowest BCUT2D eigenvalue weighted by Crippen LogP contribution is -2.59. The number of hydrazine groups is 1. The van der Waals surface area contributed by atoms with Gasteiger partial charge in [-0.05, 0) is 48.5 Å². The summed E-state index contributed by atoms with van der Waals surface area (Å²) in [7, 11) is 0. The molecule has 0 saturated carbocycles. The van der Waals surface area contributed by atoms with Crippen molar-refractivity contribution in [2.75, 3.05) is 11.4 Å². The molecule has 1 fully saturated rings. The van der Waals surface area contributed by atoms with Gasteiger partial charge in [-0.15, -0.1) is 0 Å². The van der Waals surface area contributed by atoms with Crippen LogP contribution in [0.5, 0.6) is 0 Å². The standard InChI is InChI=1S/C19H14ClFN4O3/c20-12-1-6-15-11(9-12)10-16(22-15)18(27)23-25-17(26)7-8-24(19(25)28)14-4-2-13(21)3-5-14/h1-6,9-10,22H,7-8H2,(H,23,27). The molecule has 9 heteroatoms. The van der Waals surface area contributed by atoms with Gasteiger partial charge in [-0.25, -0.2) is 9.18 Å². The molecule has 0 bridgehead atoms. The predicted molar refractivity (Wildman–Crippen MR) is 101 cm³/mol. The fourth-order valence-electron chi connectivity index (χ4n) is 3.00. The molecule has 7 nitrogen and oxygen atoms in total. The summed E-state index contributed by atoms with van der Waals surface area (Å²) in [5.74, 6) is -1.61. The smallest absolute Gasteiger partial charge is 0.350 e. The van der Waals surface area contributed by atoms with Gasteiger partial charge < -0.3 is 4.98 Å². The summed E-state index contributed by atoms with van der Waals surface area (Å²) in [6, 6.07) is 11.3. The number of benzene rings is 2. The molecule has 3 aromatic rings. The second-order valence-corrected chi connectivity index (χ2v) is 6.68. The van der Waals surface area contributed by atoms with E-state index in [1.807, 2.05) is 0 Å². The molecule has 1 saturated heterocycles. The van der Waals surface area contributed by atoms with Crippen LogP contribution in [0.4, 0.5) is 14.9 Å². The first-order valence-corrected chi connectivity index (χ1v) is 8.79. The van der Waals surface area contributed by atoms with Crippen molar-refractivity contribution >= 4 is 46.0 Å². The Hall–Kier alpha value is -3.39. The largest absolute Gasteiger partial charge is 0.350 e. The van der Waals surface area contributed by atoms with E-state index in [1.165, 1.54) is 29.2 Å². The van der Waals surface area contributed by atoms with Gasteiger partial charge in [0.25, 0.3) is 11.8 Å². The number of imide groups is 1. The fraction of sp³-hybridized carbons (Fsp3) is 0.105. The van der Waals surface area contributed by atoms with Crippen molar-refractivity contribution in [2.24, 2.45) is 0 Å². The number of hydrogen-bond acceptors (Lipinski definition) is 3. The Labute approximate surface area is 163 Å². The highest BCUT2D eigenvalue weighted by atomic mass is 35.5. The van der Waals surface area contributed by atoms with Crippen LogP contribution < -0.4 is 10.3 Å². The first kappa shape index (κ1) is 18.0. The number of amides is 4. The van der Waals surface area contributed by atoms with Crippen LogP contribution >= 0.6 is 11.6 Å². The van der Waals surface area contributed by atoms with Gasteiger partial charge in [-0.3, -0.25) is 19.9 Å². The summed E-state index contributed by atoms with van der Waals surface area (Å²) < 4.78 is 13.1. The molecular weight excluding hydrogens is 387 g/mol. The number of rotatable bonds is 3. The van der Waals surface area contributed by atoms with Crippen molar-refractivity contribution in [3.63, 3.8) is 0 Å². The number of aromatic amines is 1. The molecule has 0 unspecified atom stereocenters. The Kier molecular flexibility index (Phi) is 4.48. The highest BCUT2D eigenvalue weighted by Crippen LogP contribution is 2.22. The number of aromatic nitrogens is 1. The van der Waals surface area contributed by atoms with Crippen molar-refractivity contribution in [2.45, 2.75) is 6.42 Å². The lowest BCUT2D eigenvalue weighted by Gasteiger charge is -2.33. The number of H-pyrrole nitrogens is 1. The van der Waals surface area contributed by atoms with Gasteiger partial charge >= 0.3 is 6.03 Å². The molecule has 2 aromatic carbocycles. The number of urea groups is 1. The minimum absolute atomic E-state index is 0.0195. The van der Waals surface area contributed by atoms with Crippen LogP contribution in [0.2, 0.25) is 5.02 Å². The molecule has 1 aromatic heterocycles. The Morgan fingerprint density at radius 2 is 1.86 bits per heavy atom. The number of nitrogens with zero attached hydrogens (tertiary/aromatic N) is 2. The third-order valence-electron chi connectivity index (χ3n) is 4.40. The van der Waals surface area contributed by atoms with Crippen LogP contribution in [0.25, 0.3) is 10.9 Å². The van der Waals surface area contributed by atoms with Crippen LogP contribution in [0.1, 0.15) is 16.9 Å². The minimum Gasteiger partial charge on any atom is -0.350 e. The maximum Gasteiger partial charge on any atom is 0.350 e. The summed E-state index contributed by atoms with van der Waals surface area (Å²) in [4.78, 5) is 41.7. The maximum atomic E-state index is 13.1. The van der Waals surface area contributed by atoms with Crippen molar-refractivity contribution in [1.82, 2.24) is 15.4 Å². The highest BCUT2D eigenvalue weighted by molar-refractivity contribution is 6.31. The van der Waals surface area contributed by atoms with E-state index >= 15 is 0 Å². The predicted octanol–water partition coefficient (Wildman–Crippen LogP) is 3.46. The average Bonchev–Trinajstić information content (AvgIpc) is 3.09. The Morgan fingerprint density at radius 1 is 1.11 bits per heavy atom. The summed E-state index contributed by atoms with van der Waals surface area (Å²) in [5, 5.41) is 1.92. The van der Waals surface area contributed by atoms with E-state index in [9.17, 15) is 18.8 Å². The average molecular weight is 401 g/mol. The number of halogens is 2. The minimum atomic E-state index is -0.713. The number of fused-ring (bicyclic) bond motifs is 1. The lowest BCUT2D eigenvalue weighted by molar-refractivity contribution is -0.130. The van der Waals surface area contributed by atoms with Crippen LogP contribution in [0, 0.1) is 5.82 Å². The van der Waals surface area contributed by atoms with Crippen LogP contribution in [-0.2, 0) is 4.79 Å². The van der Waals surface area contributed by atoms with E-state index in [-0.39, 0.29) is 18.7 Å². The zero-order chi connectivity index (χ0) is 19.8. The van der Waals surface area contributed by atoms with Gasteiger partial charge in [-0.2, -0.15) is 5.01 Å². The zero-order valence-electron chi connectivity index (χ0n) is 14.4. The van der Waals surface area contributed by atoms with E-state index in [1.54, 1.807) is 24.3 Å². The van der Waals surface area contributed by atoms with Gasteiger partial charge in [0, 0.05) is 34.6 Å². The number of nitrogens with one attached hydrogen (secondary N) is 2. The number of carbonyl (C=O) groups excluding carboxylic acids is 3. The van der Waals surface area contributed by atoms with E-state index in [0.29, 0.717) is 21.2 Å². The van der Waals surface area contributed by atoms with Gasteiger partial charge in [0.15, 0.2) is 0 Å². The molecule has 0 spiro atoms. The molecule has 4 rings (SSSR count). The van der Waals surface area contributed by atoms with Crippen LogP contribution in [0.15, 0.2) is 48.5 Å². The van der Waals surface area contributed by atoms with E-state index in [4.69, 9.17) is 11.6 Å². The monoisotopic (exact) mass is 400 g/mol. The molecule has 142 valence electrons. The molecule has 2 N–H and O–H groups in total. The number of carbonyl (C=O) groups is 3. The third kappa shape index (κ3) is 3.29. The van der Waals surface area contributed by atoms with Crippen molar-refractivity contribution in [3.05, 3.63) is 65.1 Å². The van der Waals surface area contributed by atoms with Gasteiger partial charge in [-0.1, -0.05) is 11.6 Å². The van der Waals surface area contributed by atoms with Gasteiger partial charge in [0.05, 0.1) is 0 Å². The summed E-state index contributed by atoms with van der Waals surface area (Å²) in [5.41, 5.74) is 3.64. The van der Waals surface area contributed by atoms with Gasteiger partial charge in [0.2, 0.25) is 0 Å². The molecule has 0 radical (unpaired) electrons. The highest BCUT2D eigenvalue weighted by Gasteiger charge is 2.34. The van der Waals surface area contributed by atoms with Gasteiger partial charge in [0.1, 0.15) is 11.5 Å². The number of anilines is 1. The Balaban J connectivity index is 1.56. The molecule has 28 heavy (non-hydrogen) atoms. The van der Waals surface area contributed by atoms with Crippen molar-refractivity contribution in [3.8, 4) is 0 Å². The zero-order valence-corrected chi connectivity index (χ0v) is 15.2. The molecule has 0 atom stereocenters. The quantitative estimate of drug-likeness (QED) is 0.706. The normalized spacial score (nSPS) is 14.6. The lowest BCUT2D eigenvalue weighted by atomic mass is 10.2.